The summed E-state index contributed by atoms with van der Waals surface area (Å²) in [7, 11) is 1.74. The van der Waals surface area contributed by atoms with Crippen molar-refractivity contribution in [1.82, 2.24) is 0 Å². The summed E-state index contributed by atoms with van der Waals surface area (Å²) in [5.74, 6) is 1.03. The molecule has 0 aromatic heterocycles. The molecule has 2 N–H and O–H groups in total. The van der Waals surface area contributed by atoms with Gasteiger partial charge in [0, 0.05) is 12.1 Å². The average Bonchev–Trinajstić information content (AvgIpc) is 2.66. The van der Waals surface area contributed by atoms with E-state index in [1.807, 2.05) is 0 Å². The van der Waals surface area contributed by atoms with Gasteiger partial charge in [0.2, 0.25) is 0 Å². The second-order valence-electron chi connectivity index (χ2n) is 3.90. The Hall–Kier alpha value is -1.02. The van der Waals surface area contributed by atoms with E-state index in [0.717, 1.165) is 17.7 Å². The molecule has 0 fully saturated rings. The first-order valence-electron chi connectivity index (χ1n) is 5.16. The number of rotatable bonds is 2. The van der Waals surface area contributed by atoms with Crippen LogP contribution < -0.4 is 10.5 Å². The molecule has 0 amide bonds. The summed E-state index contributed by atoms with van der Waals surface area (Å²) in [6.07, 6.45) is 3.59. The van der Waals surface area contributed by atoms with E-state index in [0.29, 0.717) is 6.54 Å². The van der Waals surface area contributed by atoms with Gasteiger partial charge in [0.15, 0.2) is 0 Å². The summed E-state index contributed by atoms with van der Waals surface area (Å²) in [4.78, 5) is 0. The van der Waals surface area contributed by atoms with E-state index in [9.17, 15) is 0 Å². The van der Waals surface area contributed by atoms with Gasteiger partial charge >= 0.3 is 0 Å². The van der Waals surface area contributed by atoms with Gasteiger partial charge in [0.25, 0.3) is 0 Å². The number of aryl methyl sites for hydroxylation is 1. The minimum Gasteiger partial charge on any atom is -0.496 e. The second kappa shape index (κ2) is 3.62. The maximum atomic E-state index is 5.71. The number of ether oxygens (including phenoxy) is 1. The van der Waals surface area contributed by atoms with Crippen molar-refractivity contribution in [3.8, 4) is 5.75 Å². The quantitative estimate of drug-likeness (QED) is 0.775. The van der Waals surface area contributed by atoms with E-state index in [1.165, 1.54) is 29.5 Å². The highest BCUT2D eigenvalue weighted by Crippen LogP contribution is 2.35. The number of hydrogen-bond acceptors (Lipinski definition) is 2. The first kappa shape index (κ1) is 9.53. The Kier molecular flexibility index (Phi) is 2.46. The lowest BCUT2D eigenvalue weighted by molar-refractivity contribution is 0.405. The van der Waals surface area contributed by atoms with Gasteiger partial charge in [0.1, 0.15) is 5.75 Å². The van der Waals surface area contributed by atoms with Gasteiger partial charge in [-0.2, -0.15) is 0 Å². The Morgan fingerprint density at radius 1 is 1.36 bits per heavy atom. The first-order chi connectivity index (χ1) is 6.77. The van der Waals surface area contributed by atoms with Crippen molar-refractivity contribution in [2.24, 2.45) is 5.73 Å². The number of benzene rings is 1. The molecule has 2 rings (SSSR count). The molecule has 0 radical (unpaired) electrons. The third-order valence-electron chi connectivity index (χ3n) is 3.07. The van der Waals surface area contributed by atoms with E-state index >= 15 is 0 Å². The molecule has 0 spiro atoms. The molecule has 0 aliphatic heterocycles. The molecule has 1 aromatic rings. The van der Waals surface area contributed by atoms with Crippen molar-refractivity contribution in [2.45, 2.75) is 32.7 Å². The average molecular weight is 191 g/mol. The fraction of sp³-hybridized carbons (Fsp3) is 0.500. The Balaban J connectivity index is 2.62. The van der Waals surface area contributed by atoms with E-state index < -0.39 is 0 Å². The van der Waals surface area contributed by atoms with Gasteiger partial charge in [-0.25, -0.2) is 0 Å². The van der Waals surface area contributed by atoms with Crippen molar-refractivity contribution in [3.63, 3.8) is 0 Å². The van der Waals surface area contributed by atoms with E-state index in [4.69, 9.17) is 10.5 Å². The van der Waals surface area contributed by atoms with Crippen molar-refractivity contribution in [3.05, 3.63) is 28.3 Å². The zero-order chi connectivity index (χ0) is 10.1. The smallest absolute Gasteiger partial charge is 0.126 e. The summed E-state index contributed by atoms with van der Waals surface area (Å²) >= 11 is 0. The van der Waals surface area contributed by atoms with Crippen LogP contribution in [0.4, 0.5) is 0 Å². The lowest BCUT2D eigenvalue weighted by Gasteiger charge is -2.14. The van der Waals surface area contributed by atoms with E-state index in [-0.39, 0.29) is 0 Å². The Bertz CT molecular complexity index is 358. The van der Waals surface area contributed by atoms with Crippen LogP contribution in [-0.4, -0.2) is 7.11 Å². The van der Waals surface area contributed by atoms with Crippen molar-refractivity contribution in [1.29, 1.82) is 0 Å². The minimum atomic E-state index is 0.567. The molecule has 0 heterocycles. The largest absolute Gasteiger partial charge is 0.496 e. The fourth-order valence-electron chi connectivity index (χ4n) is 2.44. The normalized spacial score (nSPS) is 14.2. The lowest BCUT2D eigenvalue weighted by atomic mass is 9.99. The molecular formula is C12H17NO. The Morgan fingerprint density at radius 2 is 2.07 bits per heavy atom. The van der Waals surface area contributed by atoms with Crippen LogP contribution in [0.1, 0.15) is 28.7 Å². The Labute approximate surface area is 85.1 Å². The van der Waals surface area contributed by atoms with Crippen molar-refractivity contribution >= 4 is 0 Å². The summed E-state index contributed by atoms with van der Waals surface area (Å²) in [6, 6.07) is 2.17. The maximum Gasteiger partial charge on any atom is 0.126 e. The molecule has 0 saturated heterocycles. The summed E-state index contributed by atoms with van der Waals surface area (Å²) < 4.78 is 5.45. The topological polar surface area (TPSA) is 35.2 Å². The van der Waals surface area contributed by atoms with Gasteiger partial charge in [-0.3, -0.25) is 0 Å². The number of fused-ring (bicyclic) bond motifs is 1. The van der Waals surface area contributed by atoms with Crippen LogP contribution in [-0.2, 0) is 19.4 Å². The molecular weight excluding hydrogens is 174 g/mol. The number of hydrogen-bond donors (Lipinski definition) is 1. The van der Waals surface area contributed by atoms with Crippen LogP contribution in [0.15, 0.2) is 6.07 Å². The minimum absolute atomic E-state index is 0.567. The predicted octanol–water partition coefficient (Wildman–Crippen LogP) is 1.95. The molecule has 2 nitrogen and oxygen atoms in total. The van der Waals surface area contributed by atoms with Crippen LogP contribution in [0.2, 0.25) is 0 Å². The standard InChI is InChI=1S/C12H17NO/c1-8-6-9(7-13)12(14-2)11-5-3-4-10(8)11/h6H,3-5,7,13H2,1-2H3. The van der Waals surface area contributed by atoms with Gasteiger partial charge in [-0.1, -0.05) is 6.07 Å². The molecule has 2 heteroatoms. The summed E-state index contributed by atoms with van der Waals surface area (Å²) in [5.41, 5.74) is 11.1. The zero-order valence-corrected chi connectivity index (χ0v) is 8.89. The molecule has 14 heavy (non-hydrogen) atoms. The van der Waals surface area contributed by atoms with Crippen LogP contribution >= 0.6 is 0 Å². The van der Waals surface area contributed by atoms with Gasteiger partial charge in [0.05, 0.1) is 7.11 Å². The second-order valence-corrected chi connectivity index (χ2v) is 3.90. The number of methoxy groups -OCH3 is 1. The molecule has 0 atom stereocenters. The highest BCUT2D eigenvalue weighted by Gasteiger charge is 2.20. The SMILES string of the molecule is COc1c(CN)cc(C)c2c1CCC2. The molecule has 1 aromatic carbocycles. The maximum absolute atomic E-state index is 5.71. The molecule has 1 aliphatic carbocycles. The third-order valence-corrected chi connectivity index (χ3v) is 3.07. The lowest BCUT2D eigenvalue weighted by Crippen LogP contribution is -2.04. The molecule has 1 aliphatic rings. The monoisotopic (exact) mass is 191 g/mol. The zero-order valence-electron chi connectivity index (χ0n) is 8.89. The van der Waals surface area contributed by atoms with Crippen molar-refractivity contribution in [2.75, 3.05) is 7.11 Å². The molecule has 0 bridgehead atoms. The highest BCUT2D eigenvalue weighted by molar-refractivity contribution is 5.52. The van der Waals surface area contributed by atoms with Crippen LogP contribution in [0.3, 0.4) is 0 Å². The van der Waals surface area contributed by atoms with Gasteiger partial charge < -0.3 is 10.5 Å². The van der Waals surface area contributed by atoms with Crippen LogP contribution in [0.5, 0.6) is 5.75 Å². The van der Waals surface area contributed by atoms with Crippen LogP contribution in [0.25, 0.3) is 0 Å². The summed E-state index contributed by atoms with van der Waals surface area (Å²) in [6.45, 7) is 2.74. The number of nitrogens with two attached hydrogens (primary N) is 1. The first-order valence-corrected chi connectivity index (χ1v) is 5.16. The van der Waals surface area contributed by atoms with Crippen LogP contribution in [0, 0.1) is 6.92 Å². The summed E-state index contributed by atoms with van der Waals surface area (Å²) in [5, 5.41) is 0. The highest BCUT2D eigenvalue weighted by atomic mass is 16.5. The molecule has 76 valence electrons. The third kappa shape index (κ3) is 1.30. The predicted molar refractivity (Wildman–Crippen MR) is 57.6 cm³/mol. The van der Waals surface area contributed by atoms with Gasteiger partial charge in [-0.05, 0) is 42.9 Å². The van der Waals surface area contributed by atoms with Crippen molar-refractivity contribution < 1.29 is 4.74 Å². The molecule has 0 unspecified atom stereocenters. The molecule has 0 saturated carbocycles. The Morgan fingerprint density at radius 3 is 2.71 bits per heavy atom. The van der Waals surface area contributed by atoms with E-state index in [1.54, 1.807) is 7.11 Å². The van der Waals surface area contributed by atoms with Gasteiger partial charge in [-0.15, -0.1) is 0 Å². The fourth-order valence-corrected chi connectivity index (χ4v) is 2.44. The van der Waals surface area contributed by atoms with E-state index in [2.05, 4.69) is 13.0 Å².